The molecule has 0 aromatic heterocycles. The van der Waals surface area contributed by atoms with Gasteiger partial charge in [-0.1, -0.05) is 61.2 Å². The molecule has 0 saturated heterocycles. The van der Waals surface area contributed by atoms with Crippen LogP contribution in [0, 0.1) is 0 Å². The van der Waals surface area contributed by atoms with Gasteiger partial charge in [0.1, 0.15) is 19.8 Å². The molecule has 1 aliphatic rings. The van der Waals surface area contributed by atoms with Crippen molar-refractivity contribution in [3.63, 3.8) is 0 Å². The smallest absolute Gasteiger partial charge is 0.407 e. The van der Waals surface area contributed by atoms with Crippen LogP contribution in [0.2, 0.25) is 0 Å². The first-order chi connectivity index (χ1) is 15.0. The lowest BCUT2D eigenvalue weighted by molar-refractivity contribution is -0.150. The largest absolute Gasteiger partial charge is 0.480 e. The molecule has 0 bridgehead atoms. The highest BCUT2D eigenvalue weighted by Gasteiger charge is 2.29. The Morgan fingerprint density at radius 2 is 1.65 bits per heavy atom. The number of esters is 1. The van der Waals surface area contributed by atoms with Crippen molar-refractivity contribution < 1.29 is 33.7 Å². The maximum Gasteiger partial charge on any atom is 0.407 e. The number of rotatable bonds is 10. The monoisotopic (exact) mass is 425 g/mol. The van der Waals surface area contributed by atoms with Gasteiger partial charge in [0.25, 0.3) is 0 Å². The van der Waals surface area contributed by atoms with Crippen LogP contribution in [0.25, 0.3) is 11.1 Å². The number of carboxylic acids is 1. The second kappa shape index (κ2) is 10.4. The van der Waals surface area contributed by atoms with E-state index in [9.17, 15) is 19.5 Å². The number of ether oxygens (including phenoxy) is 3. The molecule has 0 unspecified atom stereocenters. The number of fused-ring (bicyclic) bond motifs is 3. The average Bonchev–Trinajstić information content (AvgIpc) is 3.09. The SMILES string of the molecule is C=CCOC(=O)COC[C@@H](NC(=O)OCC1c2ccccc2-c2ccccc21)C(=O)O. The molecule has 0 spiro atoms. The Balaban J connectivity index is 1.54. The van der Waals surface area contributed by atoms with Crippen molar-refractivity contribution in [3.8, 4) is 11.1 Å². The molecule has 0 saturated carbocycles. The van der Waals surface area contributed by atoms with E-state index >= 15 is 0 Å². The van der Waals surface area contributed by atoms with Crippen molar-refractivity contribution in [1.29, 1.82) is 0 Å². The van der Waals surface area contributed by atoms with E-state index in [1.165, 1.54) is 6.08 Å². The van der Waals surface area contributed by atoms with Crippen LogP contribution in [0.15, 0.2) is 61.2 Å². The van der Waals surface area contributed by atoms with E-state index in [-0.39, 0.29) is 19.1 Å². The number of amides is 1. The number of aliphatic carboxylic acids is 1. The Morgan fingerprint density at radius 1 is 1.03 bits per heavy atom. The van der Waals surface area contributed by atoms with Gasteiger partial charge < -0.3 is 24.6 Å². The molecule has 1 amide bonds. The highest BCUT2D eigenvalue weighted by Crippen LogP contribution is 2.44. The van der Waals surface area contributed by atoms with Gasteiger partial charge in [0.2, 0.25) is 0 Å². The minimum Gasteiger partial charge on any atom is -0.480 e. The zero-order valence-corrected chi connectivity index (χ0v) is 16.8. The molecule has 0 heterocycles. The Labute approximate surface area is 179 Å². The van der Waals surface area contributed by atoms with Crippen molar-refractivity contribution >= 4 is 18.0 Å². The summed E-state index contributed by atoms with van der Waals surface area (Å²) in [6.45, 7) is 2.64. The summed E-state index contributed by atoms with van der Waals surface area (Å²) in [5.41, 5.74) is 4.28. The van der Waals surface area contributed by atoms with E-state index in [0.717, 1.165) is 22.3 Å². The second-order valence-corrected chi connectivity index (χ2v) is 6.85. The summed E-state index contributed by atoms with van der Waals surface area (Å²) < 4.78 is 15.1. The van der Waals surface area contributed by atoms with E-state index in [1.54, 1.807) is 0 Å². The molecule has 2 aromatic carbocycles. The molecule has 8 heteroatoms. The third kappa shape index (κ3) is 5.49. The van der Waals surface area contributed by atoms with Gasteiger partial charge >= 0.3 is 18.0 Å². The highest BCUT2D eigenvalue weighted by atomic mass is 16.6. The summed E-state index contributed by atoms with van der Waals surface area (Å²) >= 11 is 0. The van der Waals surface area contributed by atoms with Crippen LogP contribution in [-0.2, 0) is 23.8 Å². The number of carboxylic acid groups (broad SMARTS) is 1. The fourth-order valence-corrected chi connectivity index (χ4v) is 3.41. The molecule has 1 aliphatic carbocycles. The van der Waals surface area contributed by atoms with Gasteiger partial charge in [0.15, 0.2) is 6.04 Å². The maximum atomic E-state index is 12.2. The summed E-state index contributed by atoms with van der Waals surface area (Å²) in [5, 5.41) is 11.5. The topological polar surface area (TPSA) is 111 Å². The third-order valence-electron chi connectivity index (χ3n) is 4.80. The highest BCUT2D eigenvalue weighted by molar-refractivity contribution is 5.81. The summed E-state index contributed by atoms with van der Waals surface area (Å²) in [6.07, 6.45) is 0.517. The Hall–Kier alpha value is -3.65. The van der Waals surface area contributed by atoms with Crippen LogP contribution in [0.4, 0.5) is 4.79 Å². The summed E-state index contributed by atoms with van der Waals surface area (Å²) in [6, 6.07) is 14.4. The fraction of sp³-hybridized carbons (Fsp3) is 0.261. The lowest BCUT2D eigenvalue weighted by atomic mass is 9.98. The van der Waals surface area contributed by atoms with Crippen LogP contribution < -0.4 is 5.32 Å². The van der Waals surface area contributed by atoms with E-state index in [4.69, 9.17) is 14.2 Å². The standard InChI is InChI=1S/C23H23NO7/c1-2-11-30-21(25)14-29-13-20(22(26)27)24-23(28)31-12-19-17-9-5-3-7-15(17)16-8-4-6-10-18(16)19/h2-10,19-20H,1,11-14H2,(H,24,28)(H,26,27)/t20-/m1/s1. The van der Waals surface area contributed by atoms with E-state index in [0.29, 0.717) is 0 Å². The molecule has 2 aromatic rings. The zero-order valence-electron chi connectivity index (χ0n) is 16.8. The summed E-state index contributed by atoms with van der Waals surface area (Å²) in [5.74, 6) is -2.12. The second-order valence-electron chi connectivity index (χ2n) is 6.85. The Kier molecular flexibility index (Phi) is 7.40. The molecular formula is C23H23NO7. The lowest BCUT2D eigenvalue weighted by Crippen LogP contribution is -2.44. The van der Waals surface area contributed by atoms with Crippen molar-refractivity contribution in [2.75, 3.05) is 26.4 Å². The summed E-state index contributed by atoms with van der Waals surface area (Å²) in [7, 11) is 0. The van der Waals surface area contributed by atoms with Crippen LogP contribution >= 0.6 is 0 Å². The molecule has 31 heavy (non-hydrogen) atoms. The Morgan fingerprint density at radius 3 is 2.23 bits per heavy atom. The molecule has 1 atom stereocenters. The van der Waals surface area contributed by atoms with Crippen molar-refractivity contribution in [2.24, 2.45) is 0 Å². The van der Waals surface area contributed by atoms with E-state index in [1.807, 2.05) is 48.5 Å². The third-order valence-corrected chi connectivity index (χ3v) is 4.80. The van der Waals surface area contributed by atoms with Crippen LogP contribution in [0.3, 0.4) is 0 Å². The predicted molar refractivity (Wildman–Crippen MR) is 112 cm³/mol. The Bertz CT molecular complexity index is 926. The number of alkyl carbamates (subject to hydrolysis) is 1. The molecular weight excluding hydrogens is 402 g/mol. The van der Waals surface area contributed by atoms with Crippen molar-refractivity contribution in [2.45, 2.75) is 12.0 Å². The number of nitrogens with one attached hydrogen (secondary N) is 1. The molecule has 8 nitrogen and oxygen atoms in total. The first kappa shape index (κ1) is 22.0. The first-order valence-corrected chi connectivity index (χ1v) is 9.69. The quantitative estimate of drug-likeness (QED) is 0.445. The van der Waals surface area contributed by atoms with Gasteiger partial charge in [-0.2, -0.15) is 0 Å². The van der Waals surface area contributed by atoms with Gasteiger partial charge in [0, 0.05) is 5.92 Å². The average molecular weight is 425 g/mol. The summed E-state index contributed by atoms with van der Waals surface area (Å²) in [4.78, 5) is 35.0. The van der Waals surface area contributed by atoms with Gasteiger partial charge in [0.05, 0.1) is 6.61 Å². The normalized spacial score (nSPS) is 12.9. The van der Waals surface area contributed by atoms with Crippen LogP contribution in [0.1, 0.15) is 17.0 Å². The van der Waals surface area contributed by atoms with E-state index < -0.39 is 37.3 Å². The van der Waals surface area contributed by atoms with Gasteiger partial charge in [-0.25, -0.2) is 14.4 Å². The number of benzene rings is 2. The van der Waals surface area contributed by atoms with E-state index in [2.05, 4.69) is 11.9 Å². The molecule has 0 fully saturated rings. The van der Waals surface area contributed by atoms with Crippen LogP contribution in [-0.4, -0.2) is 55.6 Å². The van der Waals surface area contributed by atoms with Gasteiger partial charge in [-0.05, 0) is 22.3 Å². The predicted octanol–water partition coefficient (Wildman–Crippen LogP) is 2.72. The zero-order chi connectivity index (χ0) is 22.2. The molecule has 3 rings (SSSR count). The van der Waals surface area contributed by atoms with Gasteiger partial charge in [-0.3, -0.25) is 0 Å². The molecule has 162 valence electrons. The van der Waals surface area contributed by atoms with Crippen LogP contribution in [0.5, 0.6) is 0 Å². The minimum atomic E-state index is -1.37. The van der Waals surface area contributed by atoms with Gasteiger partial charge in [-0.15, -0.1) is 0 Å². The molecule has 0 radical (unpaired) electrons. The van der Waals surface area contributed by atoms with Crippen molar-refractivity contribution in [3.05, 3.63) is 72.3 Å². The number of carbonyl (C=O) groups is 3. The fourth-order valence-electron chi connectivity index (χ4n) is 3.41. The molecule has 0 aliphatic heterocycles. The minimum absolute atomic E-state index is 0.0303. The maximum absolute atomic E-state index is 12.2. The number of carbonyl (C=O) groups excluding carboxylic acids is 2. The molecule has 2 N–H and O–H groups in total. The number of hydrogen-bond donors (Lipinski definition) is 2. The number of hydrogen-bond acceptors (Lipinski definition) is 6. The first-order valence-electron chi connectivity index (χ1n) is 9.69. The van der Waals surface area contributed by atoms with Crippen molar-refractivity contribution in [1.82, 2.24) is 5.32 Å². The lowest BCUT2D eigenvalue weighted by Gasteiger charge is -2.17.